The van der Waals surface area contributed by atoms with Crippen molar-refractivity contribution in [3.63, 3.8) is 0 Å². The van der Waals surface area contributed by atoms with E-state index in [-0.39, 0.29) is 0 Å². The first-order valence-corrected chi connectivity index (χ1v) is 8.03. The van der Waals surface area contributed by atoms with Crippen LogP contribution in [0, 0.1) is 0 Å². The van der Waals surface area contributed by atoms with Crippen LogP contribution >= 0.6 is 0 Å². The number of morpholine rings is 1. The molecular weight excluding hydrogens is 272 g/mol. The van der Waals surface area contributed by atoms with Crippen molar-refractivity contribution < 1.29 is 4.74 Å². The van der Waals surface area contributed by atoms with Gasteiger partial charge in [0, 0.05) is 19.6 Å². The van der Waals surface area contributed by atoms with Crippen molar-refractivity contribution in [2.24, 2.45) is 5.73 Å². The molecule has 3 heteroatoms. The summed E-state index contributed by atoms with van der Waals surface area (Å²) in [5, 5.41) is 0. The Bertz CT molecular complexity index is 589. The van der Waals surface area contributed by atoms with Gasteiger partial charge in [0.1, 0.15) is 0 Å². The van der Waals surface area contributed by atoms with Crippen LogP contribution in [0.15, 0.2) is 48.5 Å². The normalized spacial score (nSPS) is 15.9. The van der Waals surface area contributed by atoms with E-state index in [0.29, 0.717) is 6.54 Å². The molecular formula is C19H24N2O. The number of ether oxygens (including phenoxy) is 1. The minimum absolute atomic E-state index is 0.703. The standard InChI is InChI=1S/C19H24N2O/c20-9-8-16-4-6-18(7-5-16)19-3-1-2-17(14-19)15-21-10-12-22-13-11-21/h1-7,14H,8-13,15,20H2. The van der Waals surface area contributed by atoms with Crippen molar-refractivity contribution in [1.82, 2.24) is 4.90 Å². The predicted molar refractivity (Wildman–Crippen MR) is 90.7 cm³/mol. The van der Waals surface area contributed by atoms with E-state index in [0.717, 1.165) is 39.3 Å². The van der Waals surface area contributed by atoms with Crippen molar-refractivity contribution in [3.05, 3.63) is 59.7 Å². The fourth-order valence-electron chi connectivity index (χ4n) is 2.90. The number of rotatable bonds is 5. The Kier molecular flexibility index (Phi) is 5.22. The highest BCUT2D eigenvalue weighted by atomic mass is 16.5. The lowest BCUT2D eigenvalue weighted by molar-refractivity contribution is 0.0342. The molecule has 3 nitrogen and oxygen atoms in total. The second-order valence-corrected chi connectivity index (χ2v) is 5.82. The van der Waals surface area contributed by atoms with E-state index >= 15 is 0 Å². The summed E-state index contributed by atoms with van der Waals surface area (Å²) < 4.78 is 5.41. The Balaban J connectivity index is 1.72. The summed E-state index contributed by atoms with van der Waals surface area (Å²) in [6, 6.07) is 17.6. The van der Waals surface area contributed by atoms with Crippen LogP contribution in [0.4, 0.5) is 0 Å². The van der Waals surface area contributed by atoms with Gasteiger partial charge in [-0.05, 0) is 41.3 Å². The molecule has 1 fully saturated rings. The van der Waals surface area contributed by atoms with Crippen molar-refractivity contribution in [3.8, 4) is 11.1 Å². The van der Waals surface area contributed by atoms with Gasteiger partial charge in [-0.1, -0.05) is 42.5 Å². The second-order valence-electron chi connectivity index (χ2n) is 5.82. The molecule has 0 radical (unpaired) electrons. The van der Waals surface area contributed by atoms with Crippen molar-refractivity contribution in [2.45, 2.75) is 13.0 Å². The van der Waals surface area contributed by atoms with Gasteiger partial charge in [0.25, 0.3) is 0 Å². The summed E-state index contributed by atoms with van der Waals surface area (Å²) in [7, 11) is 0. The number of nitrogens with zero attached hydrogens (tertiary/aromatic N) is 1. The van der Waals surface area contributed by atoms with Gasteiger partial charge in [0.05, 0.1) is 13.2 Å². The zero-order valence-electron chi connectivity index (χ0n) is 13.0. The molecule has 0 amide bonds. The lowest BCUT2D eigenvalue weighted by Gasteiger charge is -2.26. The zero-order valence-corrected chi connectivity index (χ0v) is 13.0. The molecule has 0 unspecified atom stereocenters. The maximum atomic E-state index is 5.60. The Morgan fingerprint density at radius 2 is 1.68 bits per heavy atom. The Morgan fingerprint density at radius 1 is 0.909 bits per heavy atom. The minimum atomic E-state index is 0.703. The van der Waals surface area contributed by atoms with Crippen LogP contribution < -0.4 is 5.73 Å². The topological polar surface area (TPSA) is 38.5 Å². The first-order valence-electron chi connectivity index (χ1n) is 8.03. The van der Waals surface area contributed by atoms with Gasteiger partial charge in [0.15, 0.2) is 0 Å². The van der Waals surface area contributed by atoms with Crippen LogP contribution in [-0.2, 0) is 17.7 Å². The highest BCUT2D eigenvalue weighted by Gasteiger charge is 2.10. The smallest absolute Gasteiger partial charge is 0.0594 e. The van der Waals surface area contributed by atoms with Gasteiger partial charge in [-0.25, -0.2) is 0 Å². The Hall–Kier alpha value is -1.68. The number of benzene rings is 2. The fraction of sp³-hybridized carbons (Fsp3) is 0.368. The third-order valence-electron chi connectivity index (χ3n) is 4.16. The van der Waals surface area contributed by atoms with E-state index in [1.807, 2.05) is 0 Å². The third kappa shape index (κ3) is 3.95. The first kappa shape index (κ1) is 15.2. The van der Waals surface area contributed by atoms with Crippen LogP contribution in [0.3, 0.4) is 0 Å². The molecule has 1 aliphatic heterocycles. The molecule has 116 valence electrons. The molecule has 0 atom stereocenters. The monoisotopic (exact) mass is 296 g/mol. The molecule has 0 aliphatic carbocycles. The Labute approximate surface area is 132 Å². The SMILES string of the molecule is NCCc1ccc(-c2cccc(CN3CCOCC3)c2)cc1. The maximum Gasteiger partial charge on any atom is 0.0594 e. The van der Waals surface area contributed by atoms with E-state index < -0.39 is 0 Å². The summed E-state index contributed by atoms with van der Waals surface area (Å²) >= 11 is 0. The molecule has 0 saturated carbocycles. The van der Waals surface area contributed by atoms with Crippen LogP contribution in [0.1, 0.15) is 11.1 Å². The van der Waals surface area contributed by atoms with Gasteiger partial charge in [-0.2, -0.15) is 0 Å². The van der Waals surface area contributed by atoms with Crippen LogP contribution in [0.5, 0.6) is 0 Å². The van der Waals surface area contributed by atoms with Gasteiger partial charge < -0.3 is 10.5 Å². The van der Waals surface area contributed by atoms with Gasteiger partial charge in [0.2, 0.25) is 0 Å². The van der Waals surface area contributed by atoms with E-state index in [1.54, 1.807) is 0 Å². The molecule has 1 saturated heterocycles. The average Bonchev–Trinajstić information content (AvgIpc) is 2.57. The lowest BCUT2D eigenvalue weighted by atomic mass is 10.0. The minimum Gasteiger partial charge on any atom is -0.379 e. The maximum absolute atomic E-state index is 5.60. The Morgan fingerprint density at radius 3 is 2.41 bits per heavy atom. The molecule has 0 spiro atoms. The molecule has 0 aromatic heterocycles. The van der Waals surface area contributed by atoms with Crippen LogP contribution in [0.25, 0.3) is 11.1 Å². The quantitative estimate of drug-likeness (QED) is 0.922. The highest BCUT2D eigenvalue weighted by Crippen LogP contribution is 2.22. The van der Waals surface area contributed by atoms with Crippen LogP contribution in [-0.4, -0.2) is 37.7 Å². The summed E-state index contributed by atoms with van der Waals surface area (Å²) in [5.41, 5.74) is 10.8. The zero-order chi connectivity index (χ0) is 15.2. The molecule has 0 bridgehead atoms. The first-order chi connectivity index (χ1) is 10.8. The van der Waals surface area contributed by atoms with E-state index in [1.165, 1.54) is 22.3 Å². The largest absolute Gasteiger partial charge is 0.379 e. The summed E-state index contributed by atoms with van der Waals surface area (Å²) in [5.74, 6) is 0. The van der Waals surface area contributed by atoms with E-state index in [4.69, 9.17) is 10.5 Å². The van der Waals surface area contributed by atoms with Crippen LogP contribution in [0.2, 0.25) is 0 Å². The number of hydrogen-bond donors (Lipinski definition) is 1. The van der Waals surface area contributed by atoms with E-state index in [2.05, 4.69) is 53.4 Å². The van der Waals surface area contributed by atoms with E-state index in [9.17, 15) is 0 Å². The number of nitrogens with two attached hydrogens (primary N) is 1. The predicted octanol–water partition coefficient (Wildman–Crippen LogP) is 2.69. The summed E-state index contributed by atoms with van der Waals surface area (Å²) in [6.45, 7) is 5.46. The molecule has 1 aliphatic rings. The van der Waals surface area contributed by atoms with Gasteiger partial charge in [-0.15, -0.1) is 0 Å². The fourth-order valence-corrected chi connectivity index (χ4v) is 2.90. The van der Waals surface area contributed by atoms with Gasteiger partial charge >= 0.3 is 0 Å². The third-order valence-corrected chi connectivity index (χ3v) is 4.16. The molecule has 1 heterocycles. The highest BCUT2D eigenvalue weighted by molar-refractivity contribution is 5.64. The van der Waals surface area contributed by atoms with Crippen molar-refractivity contribution in [2.75, 3.05) is 32.8 Å². The molecule has 2 aromatic rings. The molecule has 2 aromatic carbocycles. The van der Waals surface area contributed by atoms with Gasteiger partial charge in [-0.3, -0.25) is 4.90 Å². The van der Waals surface area contributed by atoms with Crippen molar-refractivity contribution >= 4 is 0 Å². The van der Waals surface area contributed by atoms with Crippen molar-refractivity contribution in [1.29, 1.82) is 0 Å². The summed E-state index contributed by atoms with van der Waals surface area (Å²) in [4.78, 5) is 2.45. The second kappa shape index (κ2) is 7.54. The average molecular weight is 296 g/mol. The molecule has 3 rings (SSSR count). The summed E-state index contributed by atoms with van der Waals surface area (Å²) in [6.07, 6.45) is 0.942. The molecule has 22 heavy (non-hydrogen) atoms. The lowest BCUT2D eigenvalue weighted by Crippen LogP contribution is -2.35. The number of hydrogen-bond acceptors (Lipinski definition) is 3. The molecule has 2 N–H and O–H groups in total.